The third-order valence-electron chi connectivity index (χ3n) is 3.79. The molecule has 0 saturated carbocycles. The Morgan fingerprint density at radius 1 is 1.07 bits per heavy atom. The molecule has 29 heavy (non-hydrogen) atoms. The summed E-state index contributed by atoms with van der Waals surface area (Å²) in [4.78, 5) is 23.7. The number of hydrazone groups is 1. The number of nitrogens with zero attached hydrogens (tertiary/aromatic N) is 1. The zero-order valence-corrected chi connectivity index (χ0v) is 16.8. The van der Waals surface area contributed by atoms with E-state index >= 15 is 0 Å². The molecule has 0 atom stereocenters. The second-order valence-electron chi connectivity index (χ2n) is 5.81. The molecule has 2 rings (SSSR count). The van der Waals surface area contributed by atoms with Crippen LogP contribution in [0.2, 0.25) is 0 Å². The van der Waals surface area contributed by atoms with E-state index in [4.69, 9.17) is 9.47 Å². The monoisotopic (exact) mass is 395 g/mol. The normalized spacial score (nSPS) is 10.9. The minimum Gasteiger partial charge on any atom is -0.490 e. The molecule has 0 unspecified atom stereocenters. The van der Waals surface area contributed by atoms with Crippen LogP contribution in [0.1, 0.15) is 35.3 Å². The number of amides is 2. The first-order valence-corrected chi connectivity index (χ1v) is 9.30. The molecule has 0 heterocycles. The highest BCUT2D eigenvalue weighted by molar-refractivity contribution is 5.96. The van der Waals surface area contributed by atoms with Crippen molar-refractivity contribution in [2.24, 2.45) is 5.10 Å². The first-order chi connectivity index (χ1) is 14.1. The smallest absolute Gasteiger partial charge is 0.271 e. The van der Waals surface area contributed by atoms with Crippen LogP contribution >= 0.6 is 0 Å². The van der Waals surface area contributed by atoms with Crippen LogP contribution in [0.25, 0.3) is 6.08 Å². The Labute approximate surface area is 170 Å². The van der Waals surface area contributed by atoms with Gasteiger partial charge in [-0.1, -0.05) is 18.2 Å². The van der Waals surface area contributed by atoms with Crippen LogP contribution in [0.3, 0.4) is 0 Å². The van der Waals surface area contributed by atoms with Crippen molar-refractivity contribution in [2.75, 3.05) is 20.3 Å². The number of likely N-dealkylation sites (N-methyl/N-ethyl adjacent to an activating group) is 1. The van der Waals surface area contributed by atoms with Crippen LogP contribution in [-0.2, 0) is 4.79 Å². The fourth-order valence-electron chi connectivity index (χ4n) is 2.47. The van der Waals surface area contributed by atoms with E-state index in [0.29, 0.717) is 35.8 Å². The molecule has 0 aliphatic heterocycles. The van der Waals surface area contributed by atoms with E-state index in [9.17, 15) is 9.59 Å². The van der Waals surface area contributed by atoms with Gasteiger partial charge in [-0.25, -0.2) is 5.43 Å². The highest BCUT2D eigenvalue weighted by atomic mass is 16.5. The van der Waals surface area contributed by atoms with E-state index in [1.807, 2.05) is 32.0 Å². The first kappa shape index (κ1) is 21.7. The van der Waals surface area contributed by atoms with E-state index < -0.39 is 0 Å². The zero-order valence-electron chi connectivity index (χ0n) is 16.8. The first-order valence-electron chi connectivity index (χ1n) is 9.30. The largest absolute Gasteiger partial charge is 0.490 e. The van der Waals surface area contributed by atoms with Gasteiger partial charge in [0.15, 0.2) is 11.5 Å². The SMILES string of the molecule is CCOc1cccc(/C=N/NC(=O)c2cccc(/C=C/C(=O)NC)c2)c1OCC. The van der Waals surface area contributed by atoms with Gasteiger partial charge in [0.25, 0.3) is 5.91 Å². The molecule has 152 valence electrons. The fourth-order valence-corrected chi connectivity index (χ4v) is 2.47. The quantitative estimate of drug-likeness (QED) is 0.388. The molecule has 2 amide bonds. The Balaban J connectivity index is 2.11. The second-order valence-corrected chi connectivity index (χ2v) is 5.81. The molecule has 2 aromatic carbocycles. The summed E-state index contributed by atoms with van der Waals surface area (Å²) >= 11 is 0. The van der Waals surface area contributed by atoms with Crippen LogP contribution in [0.4, 0.5) is 0 Å². The Kier molecular flexibility index (Phi) is 8.44. The number of benzene rings is 2. The Bertz CT molecular complexity index is 907. The van der Waals surface area contributed by atoms with Gasteiger partial charge in [0.2, 0.25) is 5.91 Å². The predicted octanol–water partition coefficient (Wildman–Crippen LogP) is 3.01. The highest BCUT2D eigenvalue weighted by Gasteiger charge is 2.10. The van der Waals surface area contributed by atoms with Crippen molar-refractivity contribution in [2.45, 2.75) is 13.8 Å². The molecule has 0 fully saturated rings. The van der Waals surface area contributed by atoms with E-state index in [-0.39, 0.29) is 11.8 Å². The Hall–Kier alpha value is -3.61. The van der Waals surface area contributed by atoms with Crippen molar-refractivity contribution in [3.05, 3.63) is 65.2 Å². The van der Waals surface area contributed by atoms with E-state index in [2.05, 4.69) is 15.8 Å². The number of carbonyl (C=O) groups is 2. The summed E-state index contributed by atoms with van der Waals surface area (Å²) in [6, 6.07) is 12.4. The van der Waals surface area contributed by atoms with E-state index in [0.717, 1.165) is 5.56 Å². The second kappa shape index (κ2) is 11.3. The number of hydrogen-bond acceptors (Lipinski definition) is 5. The standard InChI is InChI=1S/C22H25N3O4/c1-4-28-19-11-7-10-18(21(19)29-5-2)15-24-25-22(27)17-9-6-8-16(14-17)12-13-20(26)23-3/h6-15H,4-5H2,1-3H3,(H,23,26)(H,25,27)/b13-12+,24-15+. The van der Waals surface area contributed by atoms with Crippen molar-refractivity contribution >= 4 is 24.1 Å². The summed E-state index contributed by atoms with van der Waals surface area (Å²) in [7, 11) is 1.55. The molecule has 0 radical (unpaired) electrons. The molecule has 0 aliphatic carbocycles. The average Bonchev–Trinajstić information content (AvgIpc) is 2.74. The van der Waals surface area contributed by atoms with Crippen molar-refractivity contribution in [3.63, 3.8) is 0 Å². The zero-order chi connectivity index (χ0) is 21.1. The molecular formula is C22H25N3O4. The van der Waals surface area contributed by atoms with Crippen LogP contribution in [0.15, 0.2) is 53.6 Å². The van der Waals surface area contributed by atoms with Gasteiger partial charge in [-0.2, -0.15) is 5.10 Å². The van der Waals surface area contributed by atoms with Crippen molar-refractivity contribution < 1.29 is 19.1 Å². The number of hydrogen-bond donors (Lipinski definition) is 2. The third kappa shape index (κ3) is 6.49. The maximum absolute atomic E-state index is 12.4. The maximum atomic E-state index is 12.4. The lowest BCUT2D eigenvalue weighted by atomic mass is 10.1. The maximum Gasteiger partial charge on any atom is 0.271 e. The summed E-state index contributed by atoms with van der Waals surface area (Å²) in [6.45, 7) is 4.78. The van der Waals surface area contributed by atoms with Gasteiger partial charge in [-0.15, -0.1) is 0 Å². The lowest BCUT2D eigenvalue weighted by molar-refractivity contribution is -0.115. The predicted molar refractivity (Wildman–Crippen MR) is 113 cm³/mol. The van der Waals surface area contributed by atoms with Gasteiger partial charge in [0.05, 0.1) is 19.4 Å². The molecule has 0 aliphatic rings. The van der Waals surface area contributed by atoms with Gasteiger partial charge in [0, 0.05) is 24.3 Å². The minimum atomic E-state index is -0.365. The average molecular weight is 395 g/mol. The number of nitrogens with one attached hydrogen (secondary N) is 2. The molecule has 2 aromatic rings. The summed E-state index contributed by atoms with van der Waals surface area (Å²) in [5, 5.41) is 6.54. The molecule has 0 saturated heterocycles. The van der Waals surface area contributed by atoms with Gasteiger partial charge in [-0.05, 0) is 49.8 Å². The Morgan fingerprint density at radius 2 is 1.83 bits per heavy atom. The van der Waals surface area contributed by atoms with Crippen LogP contribution in [-0.4, -0.2) is 38.3 Å². The summed E-state index contributed by atoms with van der Waals surface area (Å²) < 4.78 is 11.2. The minimum absolute atomic E-state index is 0.219. The van der Waals surface area contributed by atoms with Crippen molar-refractivity contribution in [3.8, 4) is 11.5 Å². The molecule has 0 bridgehead atoms. The van der Waals surface area contributed by atoms with Crippen LogP contribution < -0.4 is 20.2 Å². The highest BCUT2D eigenvalue weighted by Crippen LogP contribution is 2.30. The van der Waals surface area contributed by atoms with Crippen LogP contribution in [0.5, 0.6) is 11.5 Å². The summed E-state index contributed by atoms with van der Waals surface area (Å²) in [6.07, 6.45) is 4.54. The summed E-state index contributed by atoms with van der Waals surface area (Å²) in [5.41, 5.74) is 4.35. The third-order valence-corrected chi connectivity index (χ3v) is 3.79. The van der Waals surface area contributed by atoms with Gasteiger partial charge < -0.3 is 14.8 Å². The molecule has 7 heteroatoms. The Morgan fingerprint density at radius 3 is 2.55 bits per heavy atom. The van der Waals surface area contributed by atoms with Gasteiger partial charge in [-0.3, -0.25) is 9.59 Å². The molecule has 7 nitrogen and oxygen atoms in total. The van der Waals surface area contributed by atoms with Gasteiger partial charge >= 0.3 is 0 Å². The number of rotatable bonds is 9. The van der Waals surface area contributed by atoms with E-state index in [1.165, 1.54) is 12.3 Å². The summed E-state index contributed by atoms with van der Waals surface area (Å²) in [5.74, 6) is 0.621. The van der Waals surface area contributed by atoms with Crippen LogP contribution in [0, 0.1) is 0 Å². The van der Waals surface area contributed by atoms with Crippen molar-refractivity contribution in [1.29, 1.82) is 0 Å². The number of carbonyl (C=O) groups excluding carboxylic acids is 2. The molecule has 0 spiro atoms. The molecular weight excluding hydrogens is 370 g/mol. The topological polar surface area (TPSA) is 89.0 Å². The van der Waals surface area contributed by atoms with Gasteiger partial charge in [0.1, 0.15) is 0 Å². The number of ether oxygens (including phenoxy) is 2. The molecule has 2 N–H and O–H groups in total. The number of para-hydroxylation sites is 1. The lowest BCUT2D eigenvalue weighted by Crippen LogP contribution is -2.17. The molecule has 0 aromatic heterocycles. The van der Waals surface area contributed by atoms with E-state index in [1.54, 1.807) is 37.4 Å². The lowest BCUT2D eigenvalue weighted by Gasteiger charge is -2.12. The fraction of sp³-hybridized carbons (Fsp3) is 0.227. The van der Waals surface area contributed by atoms with Crippen molar-refractivity contribution in [1.82, 2.24) is 10.7 Å².